The number of oxime groups is 1. The van der Waals surface area contributed by atoms with Gasteiger partial charge in [0, 0.05) is 19.3 Å². The molecule has 0 unspecified atom stereocenters. The fourth-order valence-corrected chi connectivity index (χ4v) is 3.20. The lowest BCUT2D eigenvalue weighted by Crippen LogP contribution is -2.37. The van der Waals surface area contributed by atoms with Gasteiger partial charge in [-0.05, 0) is 36.3 Å². The predicted molar refractivity (Wildman–Crippen MR) is 93.1 cm³/mol. The number of nitrogens with zero attached hydrogens (tertiary/aromatic N) is 3. The molecule has 1 aromatic carbocycles. The van der Waals surface area contributed by atoms with Gasteiger partial charge in [0.05, 0.1) is 21.8 Å². The predicted octanol–water partition coefficient (Wildman–Crippen LogP) is 4.82. The van der Waals surface area contributed by atoms with E-state index in [4.69, 9.17) is 11.6 Å². The Morgan fingerprint density at radius 2 is 2.00 bits per heavy atom. The van der Waals surface area contributed by atoms with E-state index in [1.165, 1.54) is 4.90 Å². The third-order valence-electron chi connectivity index (χ3n) is 4.21. The van der Waals surface area contributed by atoms with E-state index in [1.54, 1.807) is 24.4 Å². The number of hydrogen-bond acceptors (Lipinski definition) is 3. The Morgan fingerprint density at radius 1 is 1.22 bits per heavy atom. The molecule has 0 saturated heterocycles. The van der Waals surface area contributed by atoms with Crippen LogP contribution in [0.15, 0.2) is 47.8 Å². The molecule has 1 aliphatic rings. The highest BCUT2D eigenvalue weighted by Gasteiger charge is 2.37. The Kier molecular flexibility index (Phi) is 5.36. The average molecular weight is 400 g/mol. The van der Waals surface area contributed by atoms with Crippen LogP contribution in [0.5, 0.6) is 0 Å². The minimum Gasteiger partial charge on any atom is -0.409 e. The van der Waals surface area contributed by atoms with Gasteiger partial charge in [-0.3, -0.25) is 4.98 Å². The van der Waals surface area contributed by atoms with Gasteiger partial charge in [-0.15, -0.1) is 0 Å². The second-order valence-electron chi connectivity index (χ2n) is 5.84. The van der Waals surface area contributed by atoms with Gasteiger partial charge in [0.15, 0.2) is 5.84 Å². The number of halogens is 5. The quantitative estimate of drug-likeness (QED) is 0.259. The number of rotatable bonds is 2. The first-order valence-corrected chi connectivity index (χ1v) is 8.33. The van der Waals surface area contributed by atoms with Crippen LogP contribution in [0.3, 0.4) is 0 Å². The maximum absolute atomic E-state index is 14.2. The first kappa shape index (κ1) is 19.2. The molecular formula is C18H14ClF4N3O. The fourth-order valence-electron chi connectivity index (χ4n) is 2.96. The molecule has 0 atom stereocenters. The first-order valence-electron chi connectivity index (χ1n) is 7.96. The molecule has 0 saturated carbocycles. The summed E-state index contributed by atoms with van der Waals surface area (Å²) < 4.78 is 54.0. The van der Waals surface area contributed by atoms with E-state index in [0.29, 0.717) is 17.1 Å². The molecule has 2 heterocycles. The molecule has 142 valence electrons. The maximum atomic E-state index is 14.2. The fraction of sp³-hybridized carbons (Fsp3) is 0.222. The van der Waals surface area contributed by atoms with E-state index in [-0.39, 0.29) is 13.1 Å². The molecule has 1 aliphatic heterocycles. The summed E-state index contributed by atoms with van der Waals surface area (Å²) in [5, 5.41) is 12.8. The molecule has 1 aromatic heterocycles. The van der Waals surface area contributed by atoms with Crippen LogP contribution < -0.4 is 0 Å². The van der Waals surface area contributed by atoms with Crippen LogP contribution in [0.4, 0.5) is 17.6 Å². The topological polar surface area (TPSA) is 48.7 Å². The lowest BCUT2D eigenvalue weighted by Gasteiger charge is -2.29. The zero-order chi connectivity index (χ0) is 19.6. The summed E-state index contributed by atoms with van der Waals surface area (Å²) >= 11 is 6.12. The van der Waals surface area contributed by atoms with Crippen molar-refractivity contribution in [2.24, 2.45) is 5.16 Å². The minimum absolute atomic E-state index is 0.118. The molecule has 0 amide bonds. The molecule has 0 aliphatic carbocycles. The Bertz CT molecular complexity index is 912. The van der Waals surface area contributed by atoms with Crippen LogP contribution in [0.25, 0.3) is 5.57 Å². The van der Waals surface area contributed by atoms with Gasteiger partial charge in [0.25, 0.3) is 0 Å². The van der Waals surface area contributed by atoms with Crippen LogP contribution in [-0.4, -0.2) is 34.0 Å². The molecule has 0 radical (unpaired) electrons. The largest absolute Gasteiger partial charge is 0.417 e. The molecule has 2 aromatic rings. The van der Waals surface area contributed by atoms with E-state index in [2.05, 4.69) is 10.1 Å². The summed E-state index contributed by atoms with van der Waals surface area (Å²) in [6.07, 6.45) is -1.09. The summed E-state index contributed by atoms with van der Waals surface area (Å²) in [7, 11) is 0. The highest BCUT2D eigenvalue weighted by molar-refractivity contribution is 6.32. The van der Waals surface area contributed by atoms with Gasteiger partial charge < -0.3 is 10.1 Å². The number of benzene rings is 1. The van der Waals surface area contributed by atoms with Crippen molar-refractivity contribution in [3.8, 4) is 0 Å². The smallest absolute Gasteiger partial charge is 0.409 e. The Labute approximate surface area is 157 Å². The summed E-state index contributed by atoms with van der Waals surface area (Å²) in [6, 6.07) is 5.99. The molecule has 0 spiro atoms. The zero-order valence-electron chi connectivity index (χ0n) is 13.8. The SMILES string of the molecule is ON=C(c1c(F)cccc1C(F)(F)F)N1CC=C(c2ncccc2Cl)CC1. The van der Waals surface area contributed by atoms with Crippen LogP contribution >= 0.6 is 11.6 Å². The molecule has 9 heteroatoms. The van der Waals surface area contributed by atoms with Crippen molar-refractivity contribution in [1.82, 2.24) is 9.88 Å². The van der Waals surface area contributed by atoms with E-state index < -0.39 is 29.0 Å². The normalized spacial score (nSPS) is 15.7. The third-order valence-corrected chi connectivity index (χ3v) is 4.51. The summed E-state index contributed by atoms with van der Waals surface area (Å²) in [6.45, 7) is 0.330. The van der Waals surface area contributed by atoms with Gasteiger partial charge in [-0.1, -0.05) is 28.9 Å². The monoisotopic (exact) mass is 399 g/mol. The van der Waals surface area contributed by atoms with Gasteiger partial charge in [0.1, 0.15) is 5.82 Å². The van der Waals surface area contributed by atoms with E-state index >= 15 is 0 Å². The second kappa shape index (κ2) is 7.56. The first-order chi connectivity index (χ1) is 12.8. The van der Waals surface area contributed by atoms with E-state index in [1.807, 2.05) is 0 Å². The van der Waals surface area contributed by atoms with Gasteiger partial charge in [-0.25, -0.2) is 4.39 Å². The zero-order valence-corrected chi connectivity index (χ0v) is 14.6. The number of pyridine rings is 1. The molecule has 27 heavy (non-hydrogen) atoms. The van der Waals surface area contributed by atoms with Crippen molar-refractivity contribution >= 4 is 23.0 Å². The molecule has 4 nitrogen and oxygen atoms in total. The van der Waals surface area contributed by atoms with Gasteiger partial charge in [0.2, 0.25) is 0 Å². The van der Waals surface area contributed by atoms with Crippen LogP contribution in [-0.2, 0) is 6.18 Å². The van der Waals surface area contributed by atoms with Crippen LogP contribution in [0.1, 0.15) is 23.2 Å². The van der Waals surface area contributed by atoms with E-state index in [9.17, 15) is 22.8 Å². The number of hydrogen-bond donors (Lipinski definition) is 1. The average Bonchev–Trinajstić information content (AvgIpc) is 2.64. The molecule has 0 bridgehead atoms. The third kappa shape index (κ3) is 3.90. The maximum Gasteiger partial charge on any atom is 0.417 e. The van der Waals surface area contributed by atoms with Crippen molar-refractivity contribution in [2.75, 3.05) is 13.1 Å². The Hall–Kier alpha value is -2.61. The van der Waals surface area contributed by atoms with Crippen molar-refractivity contribution in [3.05, 3.63) is 70.3 Å². The number of amidine groups is 1. The Balaban J connectivity index is 1.93. The number of aromatic nitrogens is 1. The standard InChI is InChI=1S/C18H14ClF4N3O/c19-13-4-2-8-24-16(13)11-6-9-26(10-7-11)17(25-27)15-12(18(21,22)23)3-1-5-14(15)20/h1-6,8,27H,7,9-10H2. The molecule has 3 rings (SSSR count). The van der Waals surface area contributed by atoms with Crippen molar-refractivity contribution in [3.63, 3.8) is 0 Å². The molecule has 0 fully saturated rings. The lowest BCUT2D eigenvalue weighted by molar-refractivity contribution is -0.138. The highest BCUT2D eigenvalue weighted by atomic mass is 35.5. The highest BCUT2D eigenvalue weighted by Crippen LogP contribution is 2.34. The van der Waals surface area contributed by atoms with Gasteiger partial charge >= 0.3 is 6.18 Å². The number of alkyl halides is 3. The summed E-state index contributed by atoms with van der Waals surface area (Å²) in [5.74, 6) is -1.58. The summed E-state index contributed by atoms with van der Waals surface area (Å²) in [5.41, 5.74) is -0.569. The van der Waals surface area contributed by atoms with Crippen molar-refractivity contribution in [1.29, 1.82) is 0 Å². The Morgan fingerprint density at radius 3 is 2.59 bits per heavy atom. The van der Waals surface area contributed by atoms with Gasteiger partial charge in [-0.2, -0.15) is 13.2 Å². The summed E-state index contributed by atoms with van der Waals surface area (Å²) in [4.78, 5) is 5.57. The van der Waals surface area contributed by atoms with Crippen LogP contribution in [0.2, 0.25) is 5.02 Å². The van der Waals surface area contributed by atoms with Crippen molar-refractivity contribution < 1.29 is 22.8 Å². The van der Waals surface area contributed by atoms with E-state index in [0.717, 1.165) is 23.8 Å². The lowest BCUT2D eigenvalue weighted by atomic mass is 10.0. The van der Waals surface area contributed by atoms with Crippen molar-refractivity contribution in [2.45, 2.75) is 12.6 Å². The van der Waals surface area contributed by atoms with Crippen LogP contribution in [0, 0.1) is 5.82 Å². The molecule has 1 N–H and O–H groups in total. The minimum atomic E-state index is -4.79. The molecular weight excluding hydrogens is 386 g/mol. The second-order valence-corrected chi connectivity index (χ2v) is 6.25.